The van der Waals surface area contributed by atoms with Crippen LogP contribution in [0.15, 0.2) is 0 Å². The summed E-state index contributed by atoms with van der Waals surface area (Å²) in [6.45, 7) is 4.68. The third-order valence-corrected chi connectivity index (χ3v) is 3.08. The van der Waals surface area contributed by atoms with Gasteiger partial charge in [0.05, 0.1) is 6.04 Å². The van der Waals surface area contributed by atoms with Gasteiger partial charge in [-0.05, 0) is 26.7 Å². The Balaban J connectivity index is 1.85. The molecule has 1 N–H and O–H groups in total. The van der Waals surface area contributed by atoms with Crippen molar-refractivity contribution in [1.82, 2.24) is 10.2 Å². The van der Waals surface area contributed by atoms with Crippen LogP contribution >= 0.6 is 0 Å². The van der Waals surface area contributed by atoms with Gasteiger partial charge in [-0.3, -0.25) is 9.59 Å². The zero-order valence-electron chi connectivity index (χ0n) is 9.32. The van der Waals surface area contributed by atoms with Crippen LogP contribution in [0, 0.1) is 5.92 Å². The summed E-state index contributed by atoms with van der Waals surface area (Å²) in [5.41, 5.74) is 0. The summed E-state index contributed by atoms with van der Waals surface area (Å²) in [7, 11) is 0. The number of carbonyl (C=O) groups excluding carboxylic acids is 2. The molecule has 0 radical (unpaired) electrons. The van der Waals surface area contributed by atoms with Crippen LogP contribution in [-0.2, 0) is 9.59 Å². The summed E-state index contributed by atoms with van der Waals surface area (Å²) < 4.78 is 0. The fourth-order valence-corrected chi connectivity index (χ4v) is 1.99. The van der Waals surface area contributed by atoms with E-state index in [0.29, 0.717) is 13.0 Å². The fraction of sp³-hybridized carbons (Fsp3) is 0.818. The standard InChI is InChI=1S/C11H18N2O2/c1-7(2)13-6-9(5-10(13)14)12-11(15)8-3-4-8/h7-9H,3-6H2,1-2H3,(H,12,15). The van der Waals surface area contributed by atoms with E-state index >= 15 is 0 Å². The molecule has 1 saturated heterocycles. The molecule has 0 aromatic heterocycles. The van der Waals surface area contributed by atoms with Gasteiger partial charge in [0.15, 0.2) is 0 Å². The first kappa shape index (κ1) is 10.5. The number of hydrogen-bond donors (Lipinski definition) is 1. The van der Waals surface area contributed by atoms with Crippen molar-refractivity contribution in [2.45, 2.75) is 45.2 Å². The van der Waals surface area contributed by atoms with Crippen LogP contribution in [0.3, 0.4) is 0 Å². The van der Waals surface area contributed by atoms with Crippen molar-refractivity contribution in [2.24, 2.45) is 5.92 Å². The van der Waals surface area contributed by atoms with Gasteiger partial charge in [-0.25, -0.2) is 0 Å². The van der Waals surface area contributed by atoms with Gasteiger partial charge in [-0.1, -0.05) is 0 Å². The summed E-state index contributed by atoms with van der Waals surface area (Å²) in [4.78, 5) is 24.9. The van der Waals surface area contributed by atoms with Crippen molar-refractivity contribution in [3.63, 3.8) is 0 Å². The average Bonchev–Trinajstić information content (AvgIpc) is 2.91. The van der Waals surface area contributed by atoms with E-state index in [1.165, 1.54) is 0 Å². The van der Waals surface area contributed by atoms with Crippen molar-refractivity contribution in [3.05, 3.63) is 0 Å². The normalized spacial score (nSPS) is 26.2. The second-order valence-corrected chi connectivity index (χ2v) is 4.82. The van der Waals surface area contributed by atoms with Crippen LogP contribution in [0.25, 0.3) is 0 Å². The number of nitrogens with zero attached hydrogens (tertiary/aromatic N) is 1. The molecule has 2 amide bonds. The topological polar surface area (TPSA) is 49.4 Å². The molecule has 4 heteroatoms. The monoisotopic (exact) mass is 210 g/mol. The smallest absolute Gasteiger partial charge is 0.225 e. The Hall–Kier alpha value is -1.06. The highest BCUT2D eigenvalue weighted by molar-refractivity contribution is 5.84. The molecule has 0 aromatic carbocycles. The predicted octanol–water partition coefficient (Wildman–Crippen LogP) is 0.522. The lowest BCUT2D eigenvalue weighted by molar-refractivity contribution is -0.129. The Morgan fingerprint density at radius 1 is 1.47 bits per heavy atom. The van der Waals surface area contributed by atoms with Crippen LogP contribution in [0.1, 0.15) is 33.1 Å². The Bertz CT molecular complexity index is 284. The maximum atomic E-state index is 11.6. The van der Waals surface area contributed by atoms with Gasteiger partial charge in [0.2, 0.25) is 11.8 Å². The van der Waals surface area contributed by atoms with Crippen LogP contribution < -0.4 is 5.32 Å². The third-order valence-electron chi connectivity index (χ3n) is 3.08. The molecule has 2 aliphatic rings. The van der Waals surface area contributed by atoms with E-state index in [0.717, 1.165) is 12.8 Å². The van der Waals surface area contributed by atoms with Crippen LogP contribution in [-0.4, -0.2) is 35.3 Å². The molecule has 1 atom stereocenters. The highest BCUT2D eigenvalue weighted by atomic mass is 16.2. The quantitative estimate of drug-likeness (QED) is 0.738. The number of carbonyl (C=O) groups is 2. The van der Waals surface area contributed by atoms with E-state index in [2.05, 4.69) is 5.32 Å². The summed E-state index contributed by atoms with van der Waals surface area (Å²) in [5, 5.41) is 2.95. The number of amides is 2. The summed E-state index contributed by atoms with van der Waals surface area (Å²) in [6.07, 6.45) is 2.50. The second-order valence-electron chi connectivity index (χ2n) is 4.82. The van der Waals surface area contributed by atoms with Crippen molar-refractivity contribution < 1.29 is 9.59 Å². The maximum Gasteiger partial charge on any atom is 0.225 e. The van der Waals surface area contributed by atoms with Crippen LogP contribution in [0.5, 0.6) is 0 Å². The first-order chi connectivity index (χ1) is 7.08. The fourth-order valence-electron chi connectivity index (χ4n) is 1.99. The average molecular weight is 210 g/mol. The van der Waals surface area contributed by atoms with E-state index in [4.69, 9.17) is 0 Å². The van der Waals surface area contributed by atoms with Crippen molar-refractivity contribution >= 4 is 11.8 Å². The molecule has 15 heavy (non-hydrogen) atoms. The van der Waals surface area contributed by atoms with Gasteiger partial charge in [0.1, 0.15) is 0 Å². The van der Waals surface area contributed by atoms with Crippen molar-refractivity contribution in [1.29, 1.82) is 0 Å². The number of nitrogens with one attached hydrogen (secondary N) is 1. The highest BCUT2D eigenvalue weighted by Gasteiger charge is 2.35. The van der Waals surface area contributed by atoms with Crippen molar-refractivity contribution in [2.75, 3.05) is 6.54 Å². The number of likely N-dealkylation sites (tertiary alicyclic amines) is 1. The minimum atomic E-state index is 0.0352. The summed E-state index contributed by atoms with van der Waals surface area (Å²) in [5.74, 6) is 0.526. The third kappa shape index (κ3) is 2.30. The molecular weight excluding hydrogens is 192 g/mol. The van der Waals surface area contributed by atoms with Crippen LogP contribution in [0.4, 0.5) is 0 Å². The van der Waals surface area contributed by atoms with E-state index < -0.39 is 0 Å². The molecule has 2 rings (SSSR count). The van der Waals surface area contributed by atoms with Gasteiger partial charge in [-0.2, -0.15) is 0 Å². The molecule has 1 saturated carbocycles. The largest absolute Gasteiger partial charge is 0.351 e. The molecule has 84 valence electrons. The summed E-state index contributed by atoms with van der Waals surface area (Å²) in [6, 6.07) is 0.272. The van der Waals surface area contributed by atoms with Gasteiger partial charge in [-0.15, -0.1) is 0 Å². The first-order valence-electron chi connectivity index (χ1n) is 5.67. The molecule has 1 aliphatic carbocycles. The Morgan fingerprint density at radius 2 is 2.13 bits per heavy atom. The molecule has 1 aliphatic heterocycles. The Morgan fingerprint density at radius 3 is 2.60 bits per heavy atom. The summed E-state index contributed by atoms with van der Waals surface area (Å²) >= 11 is 0. The lowest BCUT2D eigenvalue weighted by Crippen LogP contribution is -2.39. The minimum Gasteiger partial charge on any atom is -0.351 e. The molecule has 0 bridgehead atoms. The molecule has 1 unspecified atom stereocenters. The Kier molecular flexibility index (Phi) is 2.67. The number of rotatable bonds is 3. The lowest BCUT2D eigenvalue weighted by Gasteiger charge is -2.21. The van der Waals surface area contributed by atoms with Gasteiger partial charge >= 0.3 is 0 Å². The molecule has 0 aromatic rings. The zero-order valence-corrected chi connectivity index (χ0v) is 9.32. The van der Waals surface area contributed by atoms with Crippen LogP contribution in [0.2, 0.25) is 0 Å². The highest BCUT2D eigenvalue weighted by Crippen LogP contribution is 2.29. The van der Waals surface area contributed by atoms with Gasteiger partial charge in [0, 0.05) is 24.9 Å². The van der Waals surface area contributed by atoms with Gasteiger partial charge in [0.25, 0.3) is 0 Å². The van der Waals surface area contributed by atoms with Crippen molar-refractivity contribution in [3.8, 4) is 0 Å². The molecular formula is C11H18N2O2. The van der Waals surface area contributed by atoms with E-state index in [9.17, 15) is 9.59 Å². The minimum absolute atomic E-state index is 0.0352. The van der Waals surface area contributed by atoms with E-state index in [-0.39, 0.29) is 29.8 Å². The molecule has 4 nitrogen and oxygen atoms in total. The van der Waals surface area contributed by atoms with E-state index in [1.54, 1.807) is 0 Å². The predicted molar refractivity (Wildman–Crippen MR) is 56.1 cm³/mol. The SMILES string of the molecule is CC(C)N1CC(NC(=O)C2CC2)CC1=O. The van der Waals surface area contributed by atoms with E-state index in [1.807, 2.05) is 18.7 Å². The zero-order chi connectivity index (χ0) is 11.0. The molecule has 0 spiro atoms. The maximum absolute atomic E-state index is 11.6. The van der Waals surface area contributed by atoms with Gasteiger partial charge < -0.3 is 10.2 Å². The number of hydrogen-bond acceptors (Lipinski definition) is 2. The molecule has 2 fully saturated rings. The molecule has 1 heterocycles. The second kappa shape index (κ2) is 3.83. The first-order valence-corrected chi connectivity index (χ1v) is 5.67. The Labute approximate surface area is 90.0 Å². The lowest BCUT2D eigenvalue weighted by atomic mass is 10.2.